The number of benzene rings is 2. The predicted molar refractivity (Wildman–Crippen MR) is 104 cm³/mol. The van der Waals surface area contributed by atoms with Crippen molar-refractivity contribution in [3.8, 4) is 11.4 Å². The number of hydrogen-bond donors (Lipinski definition) is 1. The van der Waals surface area contributed by atoms with Crippen molar-refractivity contribution in [3.05, 3.63) is 60.2 Å². The van der Waals surface area contributed by atoms with Crippen molar-refractivity contribution in [1.29, 1.82) is 0 Å². The first-order valence-corrected chi connectivity index (χ1v) is 9.57. The maximum atomic E-state index is 13.0. The van der Waals surface area contributed by atoms with Gasteiger partial charge in [0.15, 0.2) is 5.82 Å². The van der Waals surface area contributed by atoms with E-state index in [0.29, 0.717) is 11.0 Å². The molecule has 0 fully saturated rings. The van der Waals surface area contributed by atoms with E-state index in [1.165, 1.54) is 17.3 Å². The van der Waals surface area contributed by atoms with Gasteiger partial charge in [0.1, 0.15) is 0 Å². The van der Waals surface area contributed by atoms with Gasteiger partial charge in [-0.3, -0.25) is 9.89 Å². The molecule has 2 heterocycles. The second-order valence-corrected chi connectivity index (χ2v) is 7.79. The zero-order valence-corrected chi connectivity index (χ0v) is 15.5. The molecule has 3 aromatic rings. The molecule has 5 nitrogen and oxygen atoms in total. The van der Waals surface area contributed by atoms with Crippen LogP contribution in [0.15, 0.2) is 59.8 Å². The van der Waals surface area contributed by atoms with E-state index in [1.54, 1.807) is 0 Å². The molecule has 0 bridgehead atoms. The van der Waals surface area contributed by atoms with Gasteiger partial charge in [-0.2, -0.15) is 0 Å². The SMILES string of the molecule is C[C@@H]1Cc2ccccc2N1C(=O)[C@@H](C)Sc1n[nH]c(-c2ccccc2)n1. The molecule has 132 valence electrons. The Labute approximate surface area is 156 Å². The highest BCUT2D eigenvalue weighted by atomic mass is 32.2. The number of thioether (sulfide) groups is 1. The van der Waals surface area contributed by atoms with Crippen molar-refractivity contribution < 1.29 is 4.79 Å². The van der Waals surface area contributed by atoms with Crippen molar-refractivity contribution in [3.63, 3.8) is 0 Å². The van der Waals surface area contributed by atoms with Gasteiger partial charge in [0.2, 0.25) is 11.1 Å². The lowest BCUT2D eigenvalue weighted by Crippen LogP contribution is -2.40. The topological polar surface area (TPSA) is 61.9 Å². The first-order chi connectivity index (χ1) is 12.6. The fourth-order valence-corrected chi connectivity index (χ4v) is 4.10. The molecule has 0 unspecified atom stereocenters. The molecule has 0 saturated carbocycles. The summed E-state index contributed by atoms with van der Waals surface area (Å²) >= 11 is 1.39. The molecule has 0 saturated heterocycles. The molecule has 0 radical (unpaired) electrons. The van der Waals surface area contributed by atoms with E-state index in [0.717, 1.165) is 17.7 Å². The standard InChI is InChI=1S/C20H20N4OS/c1-13-12-16-10-6-7-11-17(16)24(13)19(25)14(2)26-20-21-18(22-23-20)15-8-4-3-5-9-15/h3-11,13-14H,12H2,1-2H3,(H,21,22,23)/t13-,14-/m1/s1. The van der Waals surface area contributed by atoms with E-state index in [2.05, 4.69) is 28.2 Å². The largest absolute Gasteiger partial charge is 0.308 e. The first kappa shape index (κ1) is 16.8. The number of fused-ring (bicyclic) bond motifs is 1. The number of amides is 1. The fourth-order valence-electron chi connectivity index (χ4n) is 3.33. The van der Waals surface area contributed by atoms with Crippen LogP contribution in [0.5, 0.6) is 0 Å². The molecule has 1 amide bonds. The van der Waals surface area contributed by atoms with Gasteiger partial charge in [-0.25, -0.2) is 4.98 Å². The third kappa shape index (κ3) is 3.12. The lowest BCUT2D eigenvalue weighted by molar-refractivity contribution is -0.118. The molecule has 2 atom stereocenters. The van der Waals surface area contributed by atoms with Crippen LogP contribution in [-0.4, -0.2) is 32.4 Å². The third-order valence-corrected chi connectivity index (χ3v) is 5.54. The first-order valence-electron chi connectivity index (χ1n) is 8.69. The summed E-state index contributed by atoms with van der Waals surface area (Å²) in [6.45, 7) is 4.01. The van der Waals surface area contributed by atoms with Crippen molar-refractivity contribution >= 4 is 23.4 Å². The zero-order valence-electron chi connectivity index (χ0n) is 14.7. The lowest BCUT2D eigenvalue weighted by Gasteiger charge is -2.25. The van der Waals surface area contributed by atoms with Crippen LogP contribution in [0.1, 0.15) is 19.4 Å². The van der Waals surface area contributed by atoms with E-state index in [4.69, 9.17) is 0 Å². The summed E-state index contributed by atoms with van der Waals surface area (Å²) in [5, 5.41) is 7.54. The van der Waals surface area contributed by atoms with E-state index >= 15 is 0 Å². The second kappa shape index (κ2) is 6.96. The van der Waals surface area contributed by atoms with Gasteiger partial charge in [-0.05, 0) is 31.9 Å². The molecule has 0 aliphatic carbocycles. The third-order valence-electron chi connectivity index (χ3n) is 4.59. The minimum Gasteiger partial charge on any atom is -0.308 e. The van der Waals surface area contributed by atoms with Crippen molar-refractivity contribution in [2.75, 3.05) is 4.90 Å². The van der Waals surface area contributed by atoms with Gasteiger partial charge in [0.05, 0.1) is 5.25 Å². The second-order valence-electron chi connectivity index (χ2n) is 6.48. The number of rotatable bonds is 4. The smallest absolute Gasteiger partial charge is 0.240 e. The highest BCUT2D eigenvalue weighted by Crippen LogP contribution is 2.34. The Morgan fingerprint density at radius 3 is 2.73 bits per heavy atom. The Hall–Kier alpha value is -2.60. The van der Waals surface area contributed by atoms with Crippen LogP contribution in [0.25, 0.3) is 11.4 Å². The molecule has 2 aromatic carbocycles. The summed E-state index contributed by atoms with van der Waals surface area (Å²) in [7, 11) is 0. The predicted octanol–water partition coefficient (Wildman–Crippen LogP) is 3.93. The van der Waals surface area contributed by atoms with Gasteiger partial charge >= 0.3 is 0 Å². The quantitative estimate of drug-likeness (QED) is 0.713. The monoisotopic (exact) mass is 364 g/mol. The Morgan fingerprint density at radius 1 is 1.19 bits per heavy atom. The summed E-state index contributed by atoms with van der Waals surface area (Å²) in [6, 6.07) is 18.1. The number of carbonyl (C=O) groups is 1. The molecule has 1 aliphatic rings. The minimum absolute atomic E-state index is 0.0958. The van der Waals surface area contributed by atoms with Crippen LogP contribution in [0.2, 0.25) is 0 Å². The summed E-state index contributed by atoms with van der Waals surface area (Å²) in [5.74, 6) is 0.811. The number of carbonyl (C=O) groups excluding carboxylic acids is 1. The summed E-state index contributed by atoms with van der Waals surface area (Å²) < 4.78 is 0. The van der Waals surface area contributed by atoms with Crippen LogP contribution in [0.3, 0.4) is 0 Å². The molecule has 6 heteroatoms. The number of para-hydroxylation sites is 1. The van der Waals surface area contributed by atoms with Crippen LogP contribution in [0, 0.1) is 0 Å². The number of nitrogens with zero attached hydrogens (tertiary/aromatic N) is 3. The van der Waals surface area contributed by atoms with Crippen LogP contribution in [0.4, 0.5) is 5.69 Å². The molecule has 1 aromatic heterocycles. The van der Waals surface area contributed by atoms with Crippen LogP contribution >= 0.6 is 11.8 Å². The van der Waals surface area contributed by atoms with E-state index in [-0.39, 0.29) is 17.2 Å². The van der Waals surface area contributed by atoms with E-state index in [9.17, 15) is 4.79 Å². The number of anilines is 1. The number of hydrogen-bond acceptors (Lipinski definition) is 4. The van der Waals surface area contributed by atoms with Gasteiger partial charge in [-0.15, -0.1) is 5.10 Å². The molecular formula is C20H20N4OS. The summed E-state index contributed by atoms with van der Waals surface area (Å²) in [6.07, 6.45) is 0.901. The molecular weight excluding hydrogens is 344 g/mol. The number of H-pyrrole nitrogens is 1. The minimum atomic E-state index is -0.261. The average molecular weight is 364 g/mol. The Morgan fingerprint density at radius 2 is 1.92 bits per heavy atom. The average Bonchev–Trinajstić information content (AvgIpc) is 3.25. The number of nitrogens with one attached hydrogen (secondary N) is 1. The lowest BCUT2D eigenvalue weighted by atomic mass is 10.1. The molecule has 26 heavy (non-hydrogen) atoms. The zero-order chi connectivity index (χ0) is 18.1. The van der Waals surface area contributed by atoms with Gasteiger partial charge in [0.25, 0.3) is 0 Å². The molecule has 1 aliphatic heterocycles. The molecule has 0 spiro atoms. The number of aromatic nitrogens is 3. The molecule has 1 N–H and O–H groups in total. The van der Waals surface area contributed by atoms with E-state index < -0.39 is 0 Å². The van der Waals surface area contributed by atoms with Gasteiger partial charge in [0, 0.05) is 17.3 Å². The highest BCUT2D eigenvalue weighted by molar-refractivity contribution is 8.00. The normalized spacial score (nSPS) is 17.2. The fraction of sp³-hybridized carbons (Fsp3) is 0.250. The van der Waals surface area contributed by atoms with Gasteiger partial charge < -0.3 is 4.90 Å². The molecule has 4 rings (SSSR count). The Balaban J connectivity index is 1.50. The highest BCUT2D eigenvalue weighted by Gasteiger charge is 2.33. The summed E-state index contributed by atoms with van der Waals surface area (Å²) in [4.78, 5) is 19.5. The van der Waals surface area contributed by atoms with Crippen molar-refractivity contribution in [2.45, 2.75) is 36.7 Å². The Bertz CT molecular complexity index is 924. The maximum Gasteiger partial charge on any atom is 0.240 e. The van der Waals surface area contributed by atoms with Crippen molar-refractivity contribution in [2.24, 2.45) is 0 Å². The Kier molecular flexibility index (Phi) is 4.51. The maximum absolute atomic E-state index is 13.0. The van der Waals surface area contributed by atoms with Gasteiger partial charge in [-0.1, -0.05) is 60.3 Å². The van der Waals surface area contributed by atoms with Crippen molar-refractivity contribution in [1.82, 2.24) is 15.2 Å². The number of aromatic amines is 1. The van der Waals surface area contributed by atoms with E-state index in [1.807, 2.05) is 60.4 Å². The van der Waals surface area contributed by atoms with Crippen LogP contribution in [-0.2, 0) is 11.2 Å². The van der Waals surface area contributed by atoms with Crippen LogP contribution < -0.4 is 4.90 Å². The summed E-state index contributed by atoms with van der Waals surface area (Å²) in [5.41, 5.74) is 3.24.